The number of benzene rings is 1. The average Bonchev–Trinajstić information content (AvgIpc) is 2.20. The predicted molar refractivity (Wildman–Crippen MR) is 45.9 cm³/mol. The first-order valence-electron chi connectivity index (χ1n) is 3.83. The fraction of sp³-hybridized carbons (Fsp3) is 0.111. The van der Waals surface area contributed by atoms with Crippen molar-refractivity contribution in [3.05, 3.63) is 23.3 Å². The quantitative estimate of drug-likeness (QED) is 0.664. The first kappa shape index (κ1) is 10.8. The van der Waals surface area contributed by atoms with E-state index in [4.69, 9.17) is 5.11 Å². The van der Waals surface area contributed by atoms with Gasteiger partial charge in [-0.1, -0.05) is 0 Å². The van der Waals surface area contributed by atoms with Crippen LogP contribution in [0.2, 0.25) is 0 Å². The van der Waals surface area contributed by atoms with Crippen LogP contribution in [0, 0.1) is 0 Å². The van der Waals surface area contributed by atoms with Gasteiger partial charge < -0.3 is 20.1 Å². The monoisotopic (exact) mass is 211 g/mol. The van der Waals surface area contributed by atoms with Gasteiger partial charge >= 0.3 is 11.9 Å². The van der Waals surface area contributed by atoms with Gasteiger partial charge in [-0.3, -0.25) is 0 Å². The first-order valence-corrected chi connectivity index (χ1v) is 3.83. The van der Waals surface area contributed by atoms with E-state index in [2.05, 4.69) is 4.74 Å². The Kier molecular flexibility index (Phi) is 2.80. The lowest BCUT2D eigenvalue weighted by atomic mass is 10.1. The van der Waals surface area contributed by atoms with Gasteiger partial charge in [0, 0.05) is 0 Å². The fourth-order valence-corrected chi connectivity index (χ4v) is 1.01. The number of hydrogen-bond donors (Lipinski definition) is 2. The van der Waals surface area contributed by atoms with Crippen LogP contribution in [-0.4, -0.2) is 29.3 Å². The number of rotatable bonds is 2. The Morgan fingerprint density at radius 1 is 1.33 bits per heavy atom. The van der Waals surface area contributed by atoms with Gasteiger partial charge in [-0.25, -0.2) is 9.59 Å². The highest BCUT2D eigenvalue weighted by molar-refractivity contribution is 5.98. The van der Waals surface area contributed by atoms with Crippen LogP contribution in [0.3, 0.4) is 0 Å². The minimum atomic E-state index is -1.44. The number of carbonyl (C=O) groups excluding carboxylic acids is 1. The standard InChI is InChI=1S/C9H8O6/c1-15-9(14)5-3-2-4(8(12)13)6(10)7(5)11/h2-3,10-11H,1H3,(H,12,13)/p-1. The molecule has 0 atom stereocenters. The number of carbonyl (C=O) groups is 2. The number of hydrogen-bond acceptors (Lipinski definition) is 5. The zero-order chi connectivity index (χ0) is 11.6. The number of esters is 1. The zero-order valence-corrected chi connectivity index (χ0v) is 7.68. The van der Waals surface area contributed by atoms with Gasteiger partial charge in [0.15, 0.2) is 0 Å². The maximum atomic E-state index is 11.3. The van der Waals surface area contributed by atoms with E-state index in [0.717, 1.165) is 19.2 Å². The highest BCUT2D eigenvalue weighted by Gasteiger charge is 2.15. The zero-order valence-electron chi connectivity index (χ0n) is 7.68. The molecule has 1 rings (SSSR count). The summed E-state index contributed by atoms with van der Waals surface area (Å²) in [4.78, 5) is 21.5. The van der Waals surface area contributed by atoms with Crippen LogP contribution in [0.15, 0.2) is 12.1 Å². The Morgan fingerprint density at radius 2 is 1.87 bits per heavy atom. The highest BCUT2D eigenvalue weighted by Crippen LogP contribution is 2.30. The fourth-order valence-electron chi connectivity index (χ4n) is 1.01. The third kappa shape index (κ3) is 1.83. The van der Waals surface area contributed by atoms with Crippen LogP contribution in [0.4, 0.5) is 0 Å². The van der Waals surface area contributed by atoms with E-state index >= 15 is 0 Å². The van der Waals surface area contributed by atoms with Crippen molar-refractivity contribution >= 4 is 11.9 Å². The summed E-state index contributed by atoms with van der Waals surface area (Å²) in [5, 5.41) is 29.0. The van der Waals surface area contributed by atoms with Crippen molar-refractivity contribution in [1.82, 2.24) is 0 Å². The summed E-state index contributed by atoms with van der Waals surface area (Å²) in [5.41, 5.74) is -0.951. The average molecular weight is 211 g/mol. The number of aromatic hydroxyl groups is 1. The molecule has 2 N–H and O–H groups in total. The molecule has 6 nitrogen and oxygen atoms in total. The maximum absolute atomic E-state index is 11.3. The van der Waals surface area contributed by atoms with Gasteiger partial charge in [0.1, 0.15) is 11.3 Å². The second-order valence-corrected chi connectivity index (χ2v) is 2.64. The predicted octanol–water partition coefficient (Wildman–Crippen LogP) is -0.0494. The van der Waals surface area contributed by atoms with E-state index in [1.807, 2.05) is 0 Å². The number of methoxy groups -OCH3 is 1. The summed E-state index contributed by atoms with van der Waals surface area (Å²) < 4.78 is 4.27. The molecule has 0 radical (unpaired) electrons. The lowest BCUT2D eigenvalue weighted by Gasteiger charge is -2.14. The Labute approximate surface area is 84.3 Å². The van der Waals surface area contributed by atoms with Crippen molar-refractivity contribution < 1.29 is 29.6 Å². The number of aromatic carboxylic acids is 1. The first-order chi connectivity index (χ1) is 6.99. The van der Waals surface area contributed by atoms with Crippen molar-refractivity contribution in [2.75, 3.05) is 7.11 Å². The Bertz CT molecular complexity index is 423. The molecule has 0 amide bonds. The second kappa shape index (κ2) is 3.87. The number of ether oxygens (including phenoxy) is 1. The molecule has 0 aromatic heterocycles. The Balaban J connectivity index is 3.33. The normalized spacial score (nSPS) is 9.67. The lowest BCUT2D eigenvalue weighted by Crippen LogP contribution is -2.09. The molecule has 0 bridgehead atoms. The molecule has 0 saturated heterocycles. The van der Waals surface area contributed by atoms with E-state index in [1.54, 1.807) is 0 Å². The molecule has 0 unspecified atom stereocenters. The number of phenols is 1. The molecule has 1 aromatic rings. The van der Waals surface area contributed by atoms with E-state index in [1.165, 1.54) is 0 Å². The molecule has 0 aliphatic carbocycles. The third-order valence-corrected chi connectivity index (χ3v) is 1.77. The molecule has 6 heteroatoms. The van der Waals surface area contributed by atoms with Crippen molar-refractivity contribution in [1.29, 1.82) is 0 Å². The molecule has 80 valence electrons. The topological polar surface area (TPSA) is 107 Å². The summed E-state index contributed by atoms with van der Waals surface area (Å²) in [6.07, 6.45) is 0. The Morgan fingerprint density at radius 3 is 2.33 bits per heavy atom. The summed E-state index contributed by atoms with van der Waals surface area (Å²) in [7, 11) is 1.07. The second-order valence-electron chi connectivity index (χ2n) is 2.64. The van der Waals surface area contributed by atoms with Gasteiger partial charge in [-0.15, -0.1) is 0 Å². The molecule has 0 aliphatic rings. The van der Waals surface area contributed by atoms with Gasteiger partial charge in [-0.2, -0.15) is 0 Å². The van der Waals surface area contributed by atoms with Gasteiger partial charge in [0.2, 0.25) is 0 Å². The molecule has 0 spiro atoms. The van der Waals surface area contributed by atoms with Crippen molar-refractivity contribution in [3.63, 3.8) is 0 Å². The van der Waals surface area contributed by atoms with Gasteiger partial charge in [0.05, 0.1) is 12.7 Å². The van der Waals surface area contributed by atoms with Crippen LogP contribution in [-0.2, 0) is 4.74 Å². The van der Waals surface area contributed by atoms with Crippen LogP contribution < -0.4 is 5.11 Å². The molecule has 0 fully saturated rings. The summed E-state index contributed by atoms with van der Waals surface area (Å²) in [6, 6.07) is 1.96. The van der Waals surface area contributed by atoms with Gasteiger partial charge in [0.25, 0.3) is 0 Å². The third-order valence-electron chi connectivity index (χ3n) is 1.77. The summed E-state index contributed by atoms with van der Waals surface area (Å²) >= 11 is 0. The summed E-state index contributed by atoms with van der Waals surface area (Å²) in [5.74, 6) is -4.39. The molecular weight excluding hydrogens is 204 g/mol. The molecule has 0 heterocycles. The van der Waals surface area contributed by atoms with Crippen molar-refractivity contribution in [2.24, 2.45) is 0 Å². The van der Waals surface area contributed by atoms with E-state index in [-0.39, 0.29) is 0 Å². The maximum Gasteiger partial charge on any atom is 0.339 e. The SMILES string of the molecule is COC(=O)c1ccc(C(=O)O)c(O)c1[O-]. The summed E-state index contributed by atoms with van der Waals surface area (Å²) in [6.45, 7) is 0. The van der Waals surface area contributed by atoms with Crippen molar-refractivity contribution in [2.45, 2.75) is 0 Å². The van der Waals surface area contributed by atoms with Crippen LogP contribution in [0.25, 0.3) is 0 Å². The van der Waals surface area contributed by atoms with Crippen LogP contribution in [0.5, 0.6) is 11.5 Å². The minimum Gasteiger partial charge on any atom is -0.869 e. The van der Waals surface area contributed by atoms with Gasteiger partial charge in [-0.05, 0) is 17.9 Å². The highest BCUT2D eigenvalue weighted by atomic mass is 16.5. The minimum absolute atomic E-state index is 0.403. The lowest BCUT2D eigenvalue weighted by molar-refractivity contribution is -0.270. The molecule has 0 aliphatic heterocycles. The van der Waals surface area contributed by atoms with E-state index in [9.17, 15) is 19.8 Å². The van der Waals surface area contributed by atoms with Crippen molar-refractivity contribution in [3.8, 4) is 11.5 Å². The van der Waals surface area contributed by atoms with E-state index in [0.29, 0.717) is 0 Å². The molecule has 15 heavy (non-hydrogen) atoms. The smallest absolute Gasteiger partial charge is 0.339 e. The molecule has 1 aromatic carbocycles. The number of carboxylic acids is 1. The van der Waals surface area contributed by atoms with E-state index < -0.39 is 34.6 Å². The van der Waals surface area contributed by atoms with Crippen LogP contribution >= 0.6 is 0 Å². The molecule has 0 saturated carbocycles. The largest absolute Gasteiger partial charge is 0.869 e. The Hall–Kier alpha value is -2.24. The number of carboxylic acid groups (broad SMARTS) is 1. The van der Waals surface area contributed by atoms with Crippen LogP contribution in [0.1, 0.15) is 20.7 Å². The molecular formula is C9H7O6-.